The fraction of sp³-hybridized carbons (Fsp3) is 0.778. The Morgan fingerprint density at radius 2 is 1.57 bits per heavy atom. The molecule has 0 radical (unpaired) electrons. The summed E-state index contributed by atoms with van der Waals surface area (Å²) in [5, 5.41) is 0. The Kier molecular flexibility index (Phi) is 11.4. The summed E-state index contributed by atoms with van der Waals surface area (Å²) in [5.74, 6) is 1.59. The van der Waals surface area contributed by atoms with Gasteiger partial charge in [0.2, 0.25) is 0 Å². The van der Waals surface area contributed by atoms with Crippen LogP contribution in [0.1, 0.15) is 130 Å². The third-order valence-corrected chi connectivity index (χ3v) is 6.09. The number of ether oxygens (including phenoxy) is 1. The molecule has 1 heteroatoms. The molecule has 1 nitrogen and oxygen atoms in total. The summed E-state index contributed by atoms with van der Waals surface area (Å²) in [7, 11) is 0. The molecule has 0 bridgehead atoms. The van der Waals surface area contributed by atoms with Crippen molar-refractivity contribution in [3.8, 4) is 0 Å². The van der Waals surface area contributed by atoms with Crippen molar-refractivity contribution < 1.29 is 4.74 Å². The normalized spacial score (nSPS) is 17.9. The first-order chi connectivity index (χ1) is 13.2. The van der Waals surface area contributed by atoms with Gasteiger partial charge in [-0.15, -0.1) is 0 Å². The molecule has 3 atom stereocenters. The van der Waals surface area contributed by atoms with E-state index in [-0.39, 0.29) is 0 Å². The molecule has 0 aliphatic heterocycles. The standard InChI is InChI=1S/C14H20.C13H28O/c1-3-11(2)12-7-9-14(10-8-12)13-5-4-6-13;1-7-9-12(8-2)14-11(3)10-13(4,5)6/h7-11,13H,3-6H2,1-2H3;11-12H,7-10H2,1-6H3. The van der Waals surface area contributed by atoms with Crippen LogP contribution in [0.4, 0.5) is 0 Å². The van der Waals surface area contributed by atoms with E-state index in [0.29, 0.717) is 23.5 Å². The van der Waals surface area contributed by atoms with Crippen LogP contribution in [-0.2, 0) is 4.74 Å². The third-order valence-electron chi connectivity index (χ3n) is 6.09. The zero-order valence-electron chi connectivity index (χ0n) is 20.2. The minimum Gasteiger partial charge on any atom is -0.375 e. The summed E-state index contributed by atoms with van der Waals surface area (Å²) in [4.78, 5) is 0. The van der Waals surface area contributed by atoms with Gasteiger partial charge in [0.05, 0.1) is 12.2 Å². The van der Waals surface area contributed by atoms with Crippen molar-refractivity contribution in [2.75, 3.05) is 0 Å². The van der Waals surface area contributed by atoms with E-state index in [9.17, 15) is 0 Å². The van der Waals surface area contributed by atoms with Crippen molar-refractivity contribution >= 4 is 0 Å². The molecular formula is C27H48O. The summed E-state index contributed by atoms with van der Waals surface area (Å²) >= 11 is 0. The average Bonchev–Trinajstić information content (AvgIpc) is 2.59. The van der Waals surface area contributed by atoms with Crippen LogP contribution in [0.3, 0.4) is 0 Å². The number of rotatable bonds is 9. The van der Waals surface area contributed by atoms with Crippen LogP contribution < -0.4 is 0 Å². The van der Waals surface area contributed by atoms with Crippen LogP contribution in [0.25, 0.3) is 0 Å². The zero-order valence-corrected chi connectivity index (χ0v) is 20.2. The van der Waals surface area contributed by atoms with Crippen LogP contribution in [0, 0.1) is 5.41 Å². The molecule has 1 aromatic rings. The Morgan fingerprint density at radius 3 is 1.96 bits per heavy atom. The summed E-state index contributed by atoms with van der Waals surface area (Å²) in [6, 6.07) is 9.32. The van der Waals surface area contributed by atoms with Gasteiger partial charge < -0.3 is 4.74 Å². The summed E-state index contributed by atoms with van der Waals surface area (Å²) in [6.07, 6.45) is 11.1. The Hall–Kier alpha value is -0.820. The Morgan fingerprint density at radius 1 is 0.964 bits per heavy atom. The molecule has 3 unspecified atom stereocenters. The highest BCUT2D eigenvalue weighted by Crippen LogP contribution is 2.36. The predicted octanol–water partition coefficient (Wildman–Crippen LogP) is 8.87. The van der Waals surface area contributed by atoms with E-state index < -0.39 is 0 Å². The van der Waals surface area contributed by atoms with Crippen LogP contribution in [0.5, 0.6) is 0 Å². The van der Waals surface area contributed by atoms with Crippen LogP contribution >= 0.6 is 0 Å². The topological polar surface area (TPSA) is 9.23 Å². The van der Waals surface area contributed by atoms with E-state index in [0.717, 1.165) is 18.8 Å². The second-order valence-corrected chi connectivity index (χ2v) is 10.1. The summed E-state index contributed by atoms with van der Waals surface area (Å²) in [6.45, 7) is 18.0. The van der Waals surface area contributed by atoms with E-state index in [1.165, 1.54) is 44.1 Å². The van der Waals surface area contributed by atoms with E-state index in [2.05, 4.69) is 79.7 Å². The van der Waals surface area contributed by atoms with E-state index in [1.54, 1.807) is 5.56 Å². The van der Waals surface area contributed by atoms with Gasteiger partial charge in [-0.05, 0) is 73.8 Å². The molecule has 0 saturated heterocycles. The van der Waals surface area contributed by atoms with Crippen LogP contribution in [0.15, 0.2) is 24.3 Å². The fourth-order valence-electron chi connectivity index (χ4n) is 4.00. The number of hydrogen-bond acceptors (Lipinski definition) is 1. The van der Waals surface area contributed by atoms with Gasteiger partial charge in [0.15, 0.2) is 0 Å². The largest absolute Gasteiger partial charge is 0.375 e. The van der Waals surface area contributed by atoms with Gasteiger partial charge >= 0.3 is 0 Å². The molecule has 0 spiro atoms. The van der Waals surface area contributed by atoms with Gasteiger partial charge in [-0.1, -0.05) is 85.6 Å². The monoisotopic (exact) mass is 388 g/mol. The fourth-order valence-corrected chi connectivity index (χ4v) is 4.00. The lowest BCUT2D eigenvalue weighted by molar-refractivity contribution is -0.0262. The molecular weight excluding hydrogens is 340 g/mol. The van der Waals surface area contributed by atoms with E-state index >= 15 is 0 Å². The molecule has 28 heavy (non-hydrogen) atoms. The minimum atomic E-state index is 0.379. The zero-order chi connectivity index (χ0) is 21.2. The van der Waals surface area contributed by atoms with Crippen LogP contribution in [-0.4, -0.2) is 12.2 Å². The maximum Gasteiger partial charge on any atom is 0.0576 e. The Balaban J connectivity index is 0.000000280. The highest BCUT2D eigenvalue weighted by atomic mass is 16.5. The molecule has 1 saturated carbocycles. The lowest BCUT2D eigenvalue weighted by atomic mass is 9.79. The Bertz CT molecular complexity index is 482. The van der Waals surface area contributed by atoms with E-state index in [1.807, 2.05) is 0 Å². The first-order valence-electron chi connectivity index (χ1n) is 11.9. The Labute approximate surface area is 176 Å². The smallest absolute Gasteiger partial charge is 0.0576 e. The lowest BCUT2D eigenvalue weighted by Crippen LogP contribution is -2.23. The van der Waals surface area contributed by atoms with Gasteiger partial charge in [-0.25, -0.2) is 0 Å². The second kappa shape index (κ2) is 12.7. The molecule has 2 rings (SSSR count). The third kappa shape index (κ3) is 9.59. The maximum absolute atomic E-state index is 6.02. The van der Waals surface area contributed by atoms with Gasteiger partial charge in [0.25, 0.3) is 0 Å². The van der Waals surface area contributed by atoms with Crippen molar-refractivity contribution in [1.82, 2.24) is 0 Å². The maximum atomic E-state index is 6.02. The van der Waals surface area contributed by atoms with Gasteiger partial charge in [0, 0.05) is 0 Å². The molecule has 0 amide bonds. The second-order valence-electron chi connectivity index (χ2n) is 10.1. The molecule has 0 aromatic heterocycles. The van der Waals surface area contributed by atoms with Gasteiger partial charge in [0.1, 0.15) is 0 Å². The van der Waals surface area contributed by atoms with Crippen molar-refractivity contribution in [2.24, 2.45) is 5.41 Å². The first kappa shape index (κ1) is 25.2. The van der Waals surface area contributed by atoms with Gasteiger partial charge in [-0.2, -0.15) is 0 Å². The minimum absolute atomic E-state index is 0.379. The summed E-state index contributed by atoms with van der Waals surface area (Å²) in [5.41, 5.74) is 3.43. The molecule has 0 N–H and O–H groups in total. The first-order valence-corrected chi connectivity index (χ1v) is 11.9. The van der Waals surface area contributed by atoms with Gasteiger partial charge in [-0.3, -0.25) is 0 Å². The van der Waals surface area contributed by atoms with Crippen molar-refractivity contribution in [3.05, 3.63) is 35.4 Å². The lowest BCUT2D eigenvalue weighted by Gasteiger charge is -2.27. The molecule has 1 fully saturated rings. The molecule has 162 valence electrons. The highest BCUT2D eigenvalue weighted by molar-refractivity contribution is 5.28. The quantitative estimate of drug-likeness (QED) is 0.410. The van der Waals surface area contributed by atoms with Crippen molar-refractivity contribution in [2.45, 2.75) is 131 Å². The van der Waals surface area contributed by atoms with Crippen LogP contribution in [0.2, 0.25) is 0 Å². The number of benzene rings is 1. The molecule has 1 aliphatic rings. The van der Waals surface area contributed by atoms with E-state index in [4.69, 9.17) is 4.74 Å². The predicted molar refractivity (Wildman–Crippen MR) is 125 cm³/mol. The average molecular weight is 389 g/mol. The molecule has 1 aliphatic carbocycles. The molecule has 1 aromatic carbocycles. The SMILES string of the molecule is CCC(C)c1ccc(C2CCC2)cc1.CCCC(CC)OC(C)CC(C)(C)C. The number of hydrogen-bond donors (Lipinski definition) is 0. The summed E-state index contributed by atoms with van der Waals surface area (Å²) < 4.78 is 6.02. The van der Waals surface area contributed by atoms with Crippen molar-refractivity contribution in [1.29, 1.82) is 0 Å². The highest BCUT2D eigenvalue weighted by Gasteiger charge is 2.19. The van der Waals surface area contributed by atoms with Crippen molar-refractivity contribution in [3.63, 3.8) is 0 Å². The molecule has 0 heterocycles.